The van der Waals surface area contributed by atoms with Crippen LogP contribution in [-0.2, 0) is 0 Å². The van der Waals surface area contributed by atoms with Gasteiger partial charge in [-0.15, -0.1) is 0 Å². The molecule has 0 aromatic heterocycles. The lowest BCUT2D eigenvalue weighted by atomic mass is 9.97. The first kappa shape index (κ1) is 16.7. The van der Waals surface area contributed by atoms with Crippen LogP contribution in [0, 0.1) is 27.2 Å². The Morgan fingerprint density at radius 2 is 1.38 bits per heavy atom. The van der Waals surface area contributed by atoms with Crippen molar-refractivity contribution in [3.63, 3.8) is 0 Å². The highest BCUT2D eigenvalue weighted by molar-refractivity contribution is 6.14. The Balaban J connectivity index is 2.77. The van der Waals surface area contributed by atoms with Gasteiger partial charge in [-0.05, 0) is 6.92 Å². The average molecular weight is 330 g/mol. The molecule has 0 bridgehead atoms. The molecule has 0 heterocycles. The lowest BCUT2D eigenvalue weighted by Crippen LogP contribution is -2.11. The molecular weight excluding hydrogens is 320 g/mol. The molecule has 0 aliphatic heterocycles. The summed E-state index contributed by atoms with van der Waals surface area (Å²) in [5, 5.41) is 31.3. The quantitative estimate of drug-likeness (QED) is 0.504. The molecule has 0 spiro atoms. The fraction of sp³-hybridized carbons (Fsp3) is 0.0667. The van der Waals surface area contributed by atoms with Gasteiger partial charge < -0.3 is 5.11 Å². The van der Waals surface area contributed by atoms with Gasteiger partial charge in [0.05, 0.1) is 15.4 Å². The fourth-order valence-electron chi connectivity index (χ4n) is 2.11. The summed E-state index contributed by atoms with van der Waals surface area (Å²) in [5.74, 6) is -2.50. The summed E-state index contributed by atoms with van der Waals surface area (Å²) in [4.78, 5) is 43.9. The van der Waals surface area contributed by atoms with Gasteiger partial charge >= 0.3 is 5.97 Å². The van der Waals surface area contributed by atoms with E-state index in [1.807, 2.05) is 0 Å². The predicted molar refractivity (Wildman–Crippen MR) is 81.3 cm³/mol. The number of hydrogen-bond donors (Lipinski definition) is 1. The number of benzene rings is 2. The van der Waals surface area contributed by atoms with Crippen LogP contribution in [0.5, 0.6) is 0 Å². The van der Waals surface area contributed by atoms with E-state index in [0.29, 0.717) is 12.1 Å². The van der Waals surface area contributed by atoms with Gasteiger partial charge in [-0.3, -0.25) is 25.0 Å². The molecule has 0 atom stereocenters. The number of hydrogen-bond acceptors (Lipinski definition) is 6. The van der Waals surface area contributed by atoms with E-state index in [1.54, 1.807) is 19.1 Å². The first-order valence-electron chi connectivity index (χ1n) is 6.54. The highest BCUT2D eigenvalue weighted by atomic mass is 16.6. The summed E-state index contributed by atoms with van der Waals surface area (Å²) in [6.45, 7) is 1.76. The SMILES string of the molecule is Cc1ccc(C(=O)c2c([N+](=O)[O-])cc(C(=O)O)cc2[N+](=O)[O-])cc1. The van der Waals surface area contributed by atoms with Gasteiger partial charge in [-0.1, -0.05) is 29.8 Å². The maximum atomic E-state index is 12.5. The molecule has 1 N–H and O–H groups in total. The summed E-state index contributed by atoms with van der Waals surface area (Å²) in [6.07, 6.45) is 0. The van der Waals surface area contributed by atoms with E-state index in [4.69, 9.17) is 5.11 Å². The topological polar surface area (TPSA) is 141 Å². The van der Waals surface area contributed by atoms with Crippen LogP contribution in [-0.4, -0.2) is 26.7 Å². The molecule has 0 aliphatic rings. The monoisotopic (exact) mass is 330 g/mol. The maximum absolute atomic E-state index is 12.5. The summed E-state index contributed by atoms with van der Waals surface area (Å²) in [7, 11) is 0. The van der Waals surface area contributed by atoms with Crippen LogP contribution < -0.4 is 0 Å². The van der Waals surface area contributed by atoms with Gasteiger partial charge in [0, 0.05) is 17.7 Å². The zero-order chi connectivity index (χ0) is 18.0. The van der Waals surface area contributed by atoms with Crippen LogP contribution in [0.4, 0.5) is 11.4 Å². The number of nitrogens with zero attached hydrogens (tertiary/aromatic N) is 2. The highest BCUT2D eigenvalue weighted by Crippen LogP contribution is 2.32. The zero-order valence-corrected chi connectivity index (χ0v) is 12.3. The molecular formula is C15H10N2O7. The second-order valence-electron chi connectivity index (χ2n) is 4.90. The number of rotatable bonds is 5. The third-order valence-electron chi connectivity index (χ3n) is 3.28. The van der Waals surface area contributed by atoms with Crippen molar-refractivity contribution in [3.05, 3.63) is 78.9 Å². The van der Waals surface area contributed by atoms with E-state index >= 15 is 0 Å². The summed E-state index contributed by atoms with van der Waals surface area (Å²) in [6, 6.07) is 7.20. The van der Waals surface area contributed by atoms with Gasteiger partial charge in [-0.2, -0.15) is 0 Å². The second kappa shape index (κ2) is 6.24. The number of carboxylic acids is 1. The first-order chi connectivity index (χ1) is 11.2. The van der Waals surface area contributed by atoms with E-state index < -0.39 is 44.1 Å². The average Bonchev–Trinajstić information content (AvgIpc) is 2.53. The van der Waals surface area contributed by atoms with Crippen molar-refractivity contribution < 1.29 is 24.5 Å². The highest BCUT2D eigenvalue weighted by Gasteiger charge is 2.33. The minimum absolute atomic E-state index is 0.0230. The number of aromatic carboxylic acids is 1. The largest absolute Gasteiger partial charge is 0.478 e. The number of carboxylic acid groups (broad SMARTS) is 1. The predicted octanol–water partition coefficient (Wildman–Crippen LogP) is 2.74. The molecule has 0 aliphatic carbocycles. The number of aryl methyl sites for hydroxylation is 1. The van der Waals surface area contributed by atoms with Crippen molar-refractivity contribution in [2.75, 3.05) is 0 Å². The molecule has 2 aromatic carbocycles. The Labute approximate surface area is 134 Å². The smallest absolute Gasteiger partial charge is 0.336 e. The van der Waals surface area contributed by atoms with Crippen molar-refractivity contribution in [2.45, 2.75) is 6.92 Å². The lowest BCUT2D eigenvalue weighted by molar-refractivity contribution is -0.394. The Kier molecular flexibility index (Phi) is 4.36. The maximum Gasteiger partial charge on any atom is 0.336 e. The lowest BCUT2D eigenvalue weighted by Gasteiger charge is -2.06. The van der Waals surface area contributed by atoms with Crippen molar-refractivity contribution in [1.29, 1.82) is 0 Å². The Morgan fingerprint density at radius 3 is 1.75 bits per heavy atom. The standard InChI is InChI=1S/C15H10N2O7/c1-8-2-4-9(5-3-8)14(18)13-11(16(21)22)6-10(15(19)20)7-12(13)17(23)24/h2-7H,1H3,(H,19,20). The molecule has 2 rings (SSSR count). The summed E-state index contributed by atoms with van der Waals surface area (Å²) < 4.78 is 0. The molecule has 0 saturated heterocycles. The van der Waals surface area contributed by atoms with Crippen LogP contribution in [0.3, 0.4) is 0 Å². The molecule has 24 heavy (non-hydrogen) atoms. The fourth-order valence-corrected chi connectivity index (χ4v) is 2.11. The Morgan fingerprint density at radius 1 is 0.917 bits per heavy atom. The van der Waals surface area contributed by atoms with Gasteiger partial charge in [-0.25, -0.2) is 4.79 Å². The van der Waals surface area contributed by atoms with Crippen LogP contribution in [0.2, 0.25) is 0 Å². The third kappa shape index (κ3) is 3.09. The Bertz CT molecular complexity index is 837. The second-order valence-corrected chi connectivity index (χ2v) is 4.90. The van der Waals surface area contributed by atoms with Crippen molar-refractivity contribution in [3.8, 4) is 0 Å². The van der Waals surface area contributed by atoms with Gasteiger partial charge in [0.2, 0.25) is 5.78 Å². The van der Waals surface area contributed by atoms with Gasteiger partial charge in [0.15, 0.2) is 5.56 Å². The van der Waals surface area contributed by atoms with E-state index in [1.165, 1.54) is 12.1 Å². The van der Waals surface area contributed by atoms with Gasteiger partial charge in [0.1, 0.15) is 0 Å². The number of carbonyl (C=O) groups is 2. The first-order valence-corrected chi connectivity index (χ1v) is 6.54. The molecule has 0 saturated carbocycles. The minimum atomic E-state index is -1.57. The molecule has 0 fully saturated rings. The van der Waals surface area contributed by atoms with E-state index in [2.05, 4.69) is 0 Å². The van der Waals surface area contributed by atoms with Crippen LogP contribution >= 0.6 is 0 Å². The Hall–Kier alpha value is -3.62. The molecule has 0 amide bonds. The minimum Gasteiger partial charge on any atom is -0.478 e. The zero-order valence-electron chi connectivity index (χ0n) is 12.3. The number of ketones is 1. The summed E-state index contributed by atoms with van der Waals surface area (Å²) in [5.41, 5.74) is -2.39. The van der Waals surface area contributed by atoms with Crippen molar-refractivity contribution >= 4 is 23.1 Å². The normalized spacial score (nSPS) is 10.2. The molecule has 0 radical (unpaired) electrons. The number of nitro benzene ring substituents is 2. The van der Waals surface area contributed by atoms with E-state index in [0.717, 1.165) is 5.56 Å². The van der Waals surface area contributed by atoms with Crippen LogP contribution in [0.25, 0.3) is 0 Å². The number of carbonyl (C=O) groups excluding carboxylic acids is 1. The molecule has 2 aromatic rings. The number of nitro groups is 2. The van der Waals surface area contributed by atoms with E-state index in [9.17, 15) is 29.8 Å². The molecule has 0 unspecified atom stereocenters. The van der Waals surface area contributed by atoms with E-state index in [-0.39, 0.29) is 5.56 Å². The van der Waals surface area contributed by atoms with Crippen molar-refractivity contribution in [2.24, 2.45) is 0 Å². The molecule has 9 nitrogen and oxygen atoms in total. The van der Waals surface area contributed by atoms with Crippen LogP contribution in [0.15, 0.2) is 36.4 Å². The summed E-state index contributed by atoms with van der Waals surface area (Å²) >= 11 is 0. The van der Waals surface area contributed by atoms with Crippen molar-refractivity contribution in [1.82, 2.24) is 0 Å². The third-order valence-corrected chi connectivity index (χ3v) is 3.28. The molecule has 122 valence electrons. The molecule has 9 heteroatoms. The van der Waals surface area contributed by atoms with Crippen LogP contribution in [0.1, 0.15) is 31.8 Å². The van der Waals surface area contributed by atoms with Gasteiger partial charge in [0.25, 0.3) is 11.4 Å².